The number of carbonyl (C=O) groups is 1. The van der Waals surface area contributed by atoms with Crippen molar-refractivity contribution in [2.24, 2.45) is 13.0 Å². The Morgan fingerprint density at radius 1 is 1.38 bits per heavy atom. The van der Waals surface area contributed by atoms with E-state index in [0.717, 1.165) is 51.3 Å². The first kappa shape index (κ1) is 16.1. The fourth-order valence-electron chi connectivity index (χ4n) is 4.12. The van der Waals surface area contributed by atoms with E-state index in [-0.39, 0.29) is 17.6 Å². The van der Waals surface area contributed by atoms with Gasteiger partial charge in [-0.1, -0.05) is 0 Å². The second-order valence-electron chi connectivity index (χ2n) is 7.84. The molecule has 1 amide bonds. The smallest absolute Gasteiger partial charge is 0.254 e. The van der Waals surface area contributed by atoms with Gasteiger partial charge in [-0.05, 0) is 44.4 Å². The molecular weight excluding hydrogens is 304 g/mol. The molecule has 6 nitrogen and oxygen atoms in total. The number of piperidine rings is 1. The summed E-state index contributed by atoms with van der Waals surface area (Å²) in [5.74, 6) is 0.939. The molecule has 4 rings (SSSR count). The monoisotopic (exact) mass is 332 g/mol. The Kier molecular flexibility index (Phi) is 4.35. The SMILES string of the molecule is Cn1cc(C(=O)N[C@@H]2CCOC3(CCN(CC4CC4)CC3)C2)cn1. The molecule has 132 valence electrons. The van der Waals surface area contributed by atoms with Gasteiger partial charge in [0.2, 0.25) is 0 Å². The summed E-state index contributed by atoms with van der Waals surface area (Å²) in [6.07, 6.45) is 10.3. The number of hydrogen-bond acceptors (Lipinski definition) is 4. The van der Waals surface area contributed by atoms with E-state index >= 15 is 0 Å². The lowest BCUT2D eigenvalue weighted by Gasteiger charge is -2.46. The highest BCUT2D eigenvalue weighted by atomic mass is 16.5. The van der Waals surface area contributed by atoms with Gasteiger partial charge < -0.3 is 15.0 Å². The molecule has 6 heteroatoms. The molecule has 1 aliphatic carbocycles. The fourth-order valence-corrected chi connectivity index (χ4v) is 4.12. The molecule has 0 aromatic carbocycles. The van der Waals surface area contributed by atoms with Gasteiger partial charge in [-0.3, -0.25) is 9.48 Å². The molecule has 0 radical (unpaired) electrons. The third-order valence-electron chi connectivity index (χ3n) is 5.78. The number of hydrogen-bond donors (Lipinski definition) is 1. The zero-order chi connectivity index (χ0) is 16.6. The van der Waals surface area contributed by atoms with Crippen molar-refractivity contribution in [3.63, 3.8) is 0 Å². The second kappa shape index (κ2) is 6.48. The van der Waals surface area contributed by atoms with Crippen LogP contribution in [0.5, 0.6) is 0 Å². The molecule has 1 atom stereocenters. The van der Waals surface area contributed by atoms with Gasteiger partial charge in [-0.2, -0.15) is 5.10 Å². The van der Waals surface area contributed by atoms with Gasteiger partial charge in [0, 0.05) is 45.5 Å². The molecule has 1 spiro atoms. The normalized spacial score (nSPS) is 27.3. The molecule has 3 heterocycles. The van der Waals surface area contributed by atoms with E-state index in [0.29, 0.717) is 5.56 Å². The predicted octanol–water partition coefficient (Wildman–Crippen LogP) is 1.57. The van der Waals surface area contributed by atoms with Gasteiger partial charge >= 0.3 is 0 Å². The Morgan fingerprint density at radius 3 is 2.83 bits per heavy atom. The Morgan fingerprint density at radius 2 is 2.17 bits per heavy atom. The number of aryl methyl sites for hydroxylation is 1. The van der Waals surface area contributed by atoms with Crippen LogP contribution in [0, 0.1) is 5.92 Å². The minimum Gasteiger partial charge on any atom is -0.375 e. The van der Waals surface area contributed by atoms with Crippen LogP contribution in [-0.2, 0) is 11.8 Å². The van der Waals surface area contributed by atoms with E-state index in [1.165, 1.54) is 19.4 Å². The fraction of sp³-hybridized carbons (Fsp3) is 0.778. The van der Waals surface area contributed by atoms with Crippen LogP contribution >= 0.6 is 0 Å². The van der Waals surface area contributed by atoms with Gasteiger partial charge in [-0.15, -0.1) is 0 Å². The van der Waals surface area contributed by atoms with Crippen molar-refractivity contribution in [3.05, 3.63) is 18.0 Å². The quantitative estimate of drug-likeness (QED) is 0.909. The lowest BCUT2D eigenvalue weighted by Crippen LogP contribution is -2.53. The lowest BCUT2D eigenvalue weighted by atomic mass is 9.82. The van der Waals surface area contributed by atoms with E-state index in [2.05, 4.69) is 15.3 Å². The highest BCUT2D eigenvalue weighted by molar-refractivity contribution is 5.93. The van der Waals surface area contributed by atoms with Crippen molar-refractivity contribution >= 4 is 5.91 Å². The number of likely N-dealkylation sites (tertiary alicyclic amines) is 1. The summed E-state index contributed by atoms with van der Waals surface area (Å²) in [6, 6.07) is 0.210. The molecule has 1 N–H and O–H groups in total. The molecule has 0 bridgehead atoms. The van der Waals surface area contributed by atoms with E-state index < -0.39 is 0 Å². The third-order valence-corrected chi connectivity index (χ3v) is 5.78. The molecule has 2 saturated heterocycles. The van der Waals surface area contributed by atoms with Crippen LogP contribution in [0.25, 0.3) is 0 Å². The largest absolute Gasteiger partial charge is 0.375 e. The number of nitrogens with one attached hydrogen (secondary N) is 1. The molecule has 1 aromatic heterocycles. The zero-order valence-electron chi connectivity index (χ0n) is 14.5. The summed E-state index contributed by atoms with van der Waals surface area (Å²) in [4.78, 5) is 15.0. The summed E-state index contributed by atoms with van der Waals surface area (Å²) < 4.78 is 7.87. The zero-order valence-corrected chi connectivity index (χ0v) is 14.5. The maximum Gasteiger partial charge on any atom is 0.254 e. The van der Waals surface area contributed by atoms with Crippen LogP contribution in [0.15, 0.2) is 12.4 Å². The van der Waals surface area contributed by atoms with E-state index in [1.807, 2.05) is 7.05 Å². The Balaban J connectivity index is 1.31. The predicted molar refractivity (Wildman–Crippen MR) is 90.8 cm³/mol. The van der Waals surface area contributed by atoms with Crippen LogP contribution in [0.3, 0.4) is 0 Å². The number of nitrogens with zero attached hydrogens (tertiary/aromatic N) is 3. The average molecular weight is 332 g/mol. The van der Waals surface area contributed by atoms with Crippen molar-refractivity contribution < 1.29 is 9.53 Å². The Bertz CT molecular complexity index is 588. The van der Waals surface area contributed by atoms with Crippen LogP contribution < -0.4 is 5.32 Å². The van der Waals surface area contributed by atoms with Gasteiger partial charge in [0.15, 0.2) is 0 Å². The van der Waals surface area contributed by atoms with Crippen LogP contribution in [0.4, 0.5) is 0 Å². The summed E-state index contributed by atoms with van der Waals surface area (Å²) in [7, 11) is 1.83. The first-order valence-electron chi connectivity index (χ1n) is 9.28. The minimum absolute atomic E-state index is 0.0173. The van der Waals surface area contributed by atoms with Crippen molar-refractivity contribution in [2.45, 2.75) is 50.2 Å². The van der Waals surface area contributed by atoms with Gasteiger partial charge in [0.1, 0.15) is 0 Å². The van der Waals surface area contributed by atoms with Crippen LogP contribution in [0.1, 0.15) is 48.9 Å². The molecule has 2 aliphatic heterocycles. The summed E-state index contributed by atoms with van der Waals surface area (Å²) in [6.45, 7) is 4.30. The number of aromatic nitrogens is 2. The summed E-state index contributed by atoms with van der Waals surface area (Å²) in [5.41, 5.74) is 0.614. The molecular formula is C18H28N4O2. The molecule has 0 unspecified atom stereocenters. The van der Waals surface area contributed by atoms with Gasteiger partial charge in [0.25, 0.3) is 5.91 Å². The number of rotatable bonds is 4. The number of amides is 1. The topological polar surface area (TPSA) is 59.4 Å². The van der Waals surface area contributed by atoms with E-state index in [4.69, 9.17) is 4.74 Å². The van der Waals surface area contributed by atoms with Gasteiger partial charge in [-0.25, -0.2) is 0 Å². The van der Waals surface area contributed by atoms with Crippen LogP contribution in [-0.4, -0.2) is 58.5 Å². The summed E-state index contributed by atoms with van der Waals surface area (Å²) in [5, 5.41) is 7.26. The molecule has 3 aliphatic rings. The van der Waals surface area contributed by atoms with Crippen molar-refractivity contribution in [1.82, 2.24) is 20.0 Å². The molecule has 3 fully saturated rings. The number of ether oxygens (including phenoxy) is 1. The van der Waals surface area contributed by atoms with E-state index in [9.17, 15) is 4.79 Å². The first-order chi connectivity index (χ1) is 11.6. The average Bonchev–Trinajstić information content (AvgIpc) is 3.28. The van der Waals surface area contributed by atoms with Crippen molar-refractivity contribution in [1.29, 1.82) is 0 Å². The van der Waals surface area contributed by atoms with Crippen molar-refractivity contribution in [2.75, 3.05) is 26.2 Å². The van der Waals surface area contributed by atoms with E-state index in [1.54, 1.807) is 17.1 Å². The summed E-state index contributed by atoms with van der Waals surface area (Å²) >= 11 is 0. The van der Waals surface area contributed by atoms with Crippen LogP contribution in [0.2, 0.25) is 0 Å². The standard InChI is InChI=1S/C18H28N4O2/c1-21-13-15(11-19-21)17(23)20-16-4-9-24-18(10-16)5-7-22(8-6-18)12-14-2-3-14/h11,13-14,16H,2-10,12H2,1H3,(H,20,23)/t16-/m1/s1. The Hall–Kier alpha value is -1.40. The van der Waals surface area contributed by atoms with Crippen molar-refractivity contribution in [3.8, 4) is 0 Å². The maximum atomic E-state index is 12.4. The van der Waals surface area contributed by atoms with Gasteiger partial charge in [0.05, 0.1) is 17.4 Å². The molecule has 1 aromatic rings. The third kappa shape index (κ3) is 3.64. The second-order valence-corrected chi connectivity index (χ2v) is 7.84. The highest BCUT2D eigenvalue weighted by Gasteiger charge is 2.41. The number of carbonyl (C=O) groups excluding carboxylic acids is 1. The minimum atomic E-state index is -0.0226. The maximum absolute atomic E-state index is 12.4. The molecule has 1 saturated carbocycles. The highest BCUT2D eigenvalue weighted by Crippen LogP contribution is 2.37. The lowest BCUT2D eigenvalue weighted by molar-refractivity contribution is -0.118. The first-order valence-corrected chi connectivity index (χ1v) is 9.28. The Labute approximate surface area is 143 Å². The molecule has 24 heavy (non-hydrogen) atoms.